The largest absolute Gasteiger partial charge is 0.397 e. The minimum absolute atomic E-state index is 0.0311. The predicted molar refractivity (Wildman–Crippen MR) is 116 cm³/mol. The van der Waals surface area contributed by atoms with E-state index in [1.54, 1.807) is 11.1 Å². The third kappa shape index (κ3) is 4.62. The number of aromatic nitrogens is 1. The number of primary amides is 1. The van der Waals surface area contributed by atoms with Crippen molar-refractivity contribution in [3.8, 4) is 0 Å². The number of thiophene rings is 1. The fourth-order valence-corrected chi connectivity index (χ4v) is 4.81. The van der Waals surface area contributed by atoms with Crippen LogP contribution in [0.15, 0.2) is 12.3 Å². The van der Waals surface area contributed by atoms with Crippen molar-refractivity contribution in [2.45, 2.75) is 26.7 Å². The van der Waals surface area contributed by atoms with Crippen LogP contribution < -0.4 is 16.4 Å². The van der Waals surface area contributed by atoms with Crippen LogP contribution in [0.3, 0.4) is 0 Å². The third-order valence-electron chi connectivity index (χ3n) is 5.39. The molecule has 0 aromatic carbocycles. The molecule has 3 heterocycles. The van der Waals surface area contributed by atoms with Crippen LogP contribution in [0.1, 0.15) is 36.4 Å². The van der Waals surface area contributed by atoms with E-state index in [9.17, 15) is 9.59 Å². The molecule has 1 aliphatic heterocycles. The lowest BCUT2D eigenvalue weighted by molar-refractivity contribution is -0.136. The van der Waals surface area contributed by atoms with Crippen LogP contribution in [0, 0.1) is 5.92 Å². The maximum atomic E-state index is 12.1. The summed E-state index contributed by atoms with van der Waals surface area (Å²) < 4.78 is 5.74. The van der Waals surface area contributed by atoms with Gasteiger partial charge in [-0.2, -0.15) is 0 Å². The molecule has 3 rings (SSSR count). The van der Waals surface area contributed by atoms with Crippen LogP contribution in [0.2, 0.25) is 0 Å². The van der Waals surface area contributed by atoms with E-state index in [1.165, 1.54) is 11.3 Å². The molecule has 0 saturated carbocycles. The van der Waals surface area contributed by atoms with E-state index in [-0.39, 0.29) is 12.5 Å². The van der Waals surface area contributed by atoms with Crippen LogP contribution in [-0.2, 0) is 9.53 Å². The Morgan fingerprint density at radius 1 is 1.38 bits per heavy atom. The molecule has 2 amide bonds. The number of nitrogens with zero attached hydrogens (tertiary/aromatic N) is 3. The summed E-state index contributed by atoms with van der Waals surface area (Å²) in [6.45, 7) is 7.70. The second-order valence-electron chi connectivity index (χ2n) is 7.25. The number of carbonyl (C=O) groups excluding carboxylic acids is 2. The first-order chi connectivity index (χ1) is 14.0. The Kier molecular flexibility index (Phi) is 6.92. The average Bonchev–Trinajstić information content (AvgIpc) is 3.06. The Hall–Kier alpha value is -2.39. The molecule has 0 spiro atoms. The van der Waals surface area contributed by atoms with Crippen molar-refractivity contribution in [1.82, 2.24) is 9.88 Å². The molecule has 0 aliphatic carbocycles. The van der Waals surface area contributed by atoms with Crippen molar-refractivity contribution in [3.63, 3.8) is 0 Å². The van der Waals surface area contributed by atoms with Gasteiger partial charge in [0.1, 0.15) is 16.3 Å². The maximum absolute atomic E-state index is 12.1. The number of hydrogen-bond donors (Lipinski definition) is 2. The number of likely N-dealkylation sites (N-methyl/N-ethyl adjacent to an activating group) is 1. The van der Waals surface area contributed by atoms with Crippen molar-refractivity contribution in [3.05, 3.63) is 17.1 Å². The fourth-order valence-electron chi connectivity index (χ4n) is 3.88. The Balaban J connectivity index is 1.68. The molecule has 1 saturated heterocycles. The van der Waals surface area contributed by atoms with E-state index >= 15 is 0 Å². The Morgan fingerprint density at radius 2 is 2.14 bits per heavy atom. The van der Waals surface area contributed by atoms with Gasteiger partial charge in [0, 0.05) is 32.4 Å². The van der Waals surface area contributed by atoms with E-state index in [2.05, 4.69) is 9.88 Å². The standard InChI is InChI=1S/C20H29N5O3S/c1-3-24(4-2)15(26)12-28-11-13-6-5-9-25(10-13)14-7-8-23-20-16(14)17(21)18(29-20)19(22)27/h7-8,13H,3-6,9-12,21H2,1-2H3,(H2,22,27). The second kappa shape index (κ2) is 9.41. The van der Waals surface area contributed by atoms with Crippen molar-refractivity contribution < 1.29 is 14.3 Å². The number of amides is 2. The highest BCUT2D eigenvalue weighted by Gasteiger charge is 2.25. The number of carbonyl (C=O) groups is 2. The molecule has 4 N–H and O–H groups in total. The van der Waals surface area contributed by atoms with Crippen LogP contribution in [0.4, 0.5) is 11.4 Å². The van der Waals surface area contributed by atoms with Crippen molar-refractivity contribution >= 4 is 44.7 Å². The van der Waals surface area contributed by atoms with E-state index in [0.717, 1.165) is 41.8 Å². The Morgan fingerprint density at radius 3 is 2.83 bits per heavy atom. The summed E-state index contributed by atoms with van der Waals surface area (Å²) in [5.74, 6) is -0.172. The minimum Gasteiger partial charge on any atom is -0.397 e. The van der Waals surface area contributed by atoms with Gasteiger partial charge in [-0.1, -0.05) is 0 Å². The molecule has 29 heavy (non-hydrogen) atoms. The molecule has 0 bridgehead atoms. The average molecular weight is 420 g/mol. The van der Waals surface area contributed by atoms with E-state index in [0.29, 0.717) is 36.2 Å². The lowest BCUT2D eigenvalue weighted by Crippen LogP contribution is -2.38. The van der Waals surface area contributed by atoms with Gasteiger partial charge in [-0.15, -0.1) is 11.3 Å². The topological polar surface area (TPSA) is 115 Å². The summed E-state index contributed by atoms with van der Waals surface area (Å²) in [4.78, 5) is 33.2. The number of ether oxygens (including phenoxy) is 1. The molecule has 1 fully saturated rings. The molecule has 158 valence electrons. The van der Waals surface area contributed by atoms with Crippen molar-refractivity contribution in [2.75, 3.05) is 50.0 Å². The Bertz CT molecular complexity index is 880. The molecule has 8 nitrogen and oxygen atoms in total. The molecule has 1 atom stereocenters. The van der Waals surface area contributed by atoms with Crippen molar-refractivity contribution in [1.29, 1.82) is 0 Å². The van der Waals surface area contributed by atoms with Gasteiger partial charge in [0.15, 0.2) is 0 Å². The quantitative estimate of drug-likeness (QED) is 0.677. The fraction of sp³-hybridized carbons (Fsp3) is 0.550. The van der Waals surface area contributed by atoms with Gasteiger partial charge in [-0.3, -0.25) is 9.59 Å². The first kappa shape index (κ1) is 21.3. The second-order valence-corrected chi connectivity index (χ2v) is 8.25. The monoisotopic (exact) mass is 419 g/mol. The molecule has 1 unspecified atom stereocenters. The zero-order chi connectivity index (χ0) is 21.0. The molecular formula is C20H29N5O3S. The summed E-state index contributed by atoms with van der Waals surface area (Å²) in [5.41, 5.74) is 13.1. The van der Waals surface area contributed by atoms with E-state index in [4.69, 9.17) is 16.2 Å². The Labute approximate surface area is 174 Å². The van der Waals surface area contributed by atoms with E-state index in [1.807, 2.05) is 19.9 Å². The number of nitrogen functional groups attached to an aromatic ring is 1. The molecule has 9 heteroatoms. The van der Waals surface area contributed by atoms with Crippen LogP contribution >= 0.6 is 11.3 Å². The SMILES string of the molecule is CCN(CC)C(=O)COCC1CCCN(c2ccnc3sc(C(N)=O)c(N)c23)C1. The van der Waals surface area contributed by atoms with Crippen LogP contribution in [-0.4, -0.2) is 61.1 Å². The van der Waals surface area contributed by atoms with Gasteiger partial charge in [-0.25, -0.2) is 4.98 Å². The van der Waals surface area contributed by atoms with Gasteiger partial charge in [0.05, 0.1) is 23.4 Å². The smallest absolute Gasteiger partial charge is 0.260 e. The van der Waals surface area contributed by atoms with Crippen molar-refractivity contribution in [2.24, 2.45) is 11.7 Å². The van der Waals surface area contributed by atoms with Gasteiger partial charge >= 0.3 is 0 Å². The number of rotatable bonds is 8. The first-order valence-corrected chi connectivity index (χ1v) is 10.8. The predicted octanol–water partition coefficient (Wildman–Crippen LogP) is 2.08. The zero-order valence-electron chi connectivity index (χ0n) is 17.0. The lowest BCUT2D eigenvalue weighted by Gasteiger charge is -2.34. The van der Waals surface area contributed by atoms with Crippen LogP contribution in [0.25, 0.3) is 10.2 Å². The normalized spacial score (nSPS) is 16.9. The third-order valence-corrected chi connectivity index (χ3v) is 6.51. The molecule has 2 aromatic rings. The number of hydrogen-bond acceptors (Lipinski definition) is 7. The number of pyridine rings is 1. The van der Waals surface area contributed by atoms with Gasteiger partial charge in [0.2, 0.25) is 5.91 Å². The summed E-state index contributed by atoms with van der Waals surface area (Å²) in [6, 6.07) is 1.93. The summed E-state index contributed by atoms with van der Waals surface area (Å²) >= 11 is 1.23. The number of nitrogens with two attached hydrogens (primary N) is 2. The highest BCUT2D eigenvalue weighted by Crippen LogP contribution is 2.39. The lowest BCUT2D eigenvalue weighted by atomic mass is 9.98. The molecule has 2 aromatic heterocycles. The van der Waals surface area contributed by atoms with Gasteiger partial charge < -0.3 is 26.0 Å². The first-order valence-electron chi connectivity index (χ1n) is 10.0. The van der Waals surface area contributed by atoms with Gasteiger partial charge in [-0.05, 0) is 38.7 Å². The van der Waals surface area contributed by atoms with E-state index < -0.39 is 5.91 Å². The number of piperidine rings is 1. The highest BCUT2D eigenvalue weighted by molar-refractivity contribution is 7.21. The molecule has 1 aliphatic rings. The summed E-state index contributed by atoms with van der Waals surface area (Å²) in [7, 11) is 0. The number of anilines is 2. The summed E-state index contributed by atoms with van der Waals surface area (Å²) in [6.07, 6.45) is 3.81. The maximum Gasteiger partial charge on any atom is 0.260 e. The zero-order valence-corrected chi connectivity index (χ0v) is 17.8. The van der Waals surface area contributed by atoms with Gasteiger partial charge in [0.25, 0.3) is 5.91 Å². The molecular weight excluding hydrogens is 390 g/mol. The summed E-state index contributed by atoms with van der Waals surface area (Å²) in [5, 5.41) is 0.796. The molecule has 0 radical (unpaired) electrons. The van der Waals surface area contributed by atoms with Crippen LogP contribution in [0.5, 0.6) is 0 Å². The number of fused-ring (bicyclic) bond motifs is 1. The minimum atomic E-state index is -0.528. The highest BCUT2D eigenvalue weighted by atomic mass is 32.1.